The maximum atomic E-state index is 12.8. The molecule has 0 bridgehead atoms. The summed E-state index contributed by atoms with van der Waals surface area (Å²) in [7, 11) is 0. The molecule has 1 aromatic heterocycles. The summed E-state index contributed by atoms with van der Waals surface area (Å²) in [6.07, 6.45) is 1.81. The zero-order chi connectivity index (χ0) is 21.8. The molecule has 1 aliphatic rings. The maximum Gasteiger partial charge on any atom is 0.275 e. The van der Waals surface area contributed by atoms with E-state index in [0.29, 0.717) is 34.4 Å². The third-order valence-corrected chi connectivity index (χ3v) is 6.05. The van der Waals surface area contributed by atoms with Gasteiger partial charge in [0.2, 0.25) is 0 Å². The van der Waals surface area contributed by atoms with Crippen LogP contribution in [0.5, 0.6) is 0 Å². The highest BCUT2D eigenvalue weighted by Gasteiger charge is 2.25. The van der Waals surface area contributed by atoms with Gasteiger partial charge < -0.3 is 10.2 Å². The van der Waals surface area contributed by atoms with Crippen LogP contribution in [-0.4, -0.2) is 60.0 Å². The Morgan fingerprint density at radius 1 is 1.03 bits per heavy atom. The van der Waals surface area contributed by atoms with Crippen LogP contribution in [0.2, 0.25) is 0 Å². The number of pyridine rings is 1. The molecule has 1 aromatic carbocycles. The fraction of sp³-hybridized carbons (Fsp3) is 0.455. The summed E-state index contributed by atoms with van der Waals surface area (Å²) in [5.74, 6) is 0.832. The van der Waals surface area contributed by atoms with Gasteiger partial charge >= 0.3 is 0 Å². The molecule has 176 valence electrons. The molecular formula is C22H31Cl2N5O3. The molecule has 32 heavy (non-hydrogen) atoms. The number of nitro benzene ring substituents is 1. The summed E-state index contributed by atoms with van der Waals surface area (Å²) in [5, 5.41) is 14.4. The van der Waals surface area contributed by atoms with Crippen LogP contribution in [0.1, 0.15) is 32.6 Å². The van der Waals surface area contributed by atoms with Crippen molar-refractivity contribution in [1.29, 1.82) is 0 Å². The number of nitro groups is 1. The van der Waals surface area contributed by atoms with Crippen molar-refractivity contribution >= 4 is 42.2 Å². The molecule has 1 saturated heterocycles. The third kappa shape index (κ3) is 5.88. The van der Waals surface area contributed by atoms with Gasteiger partial charge in [0.25, 0.3) is 11.6 Å². The second-order valence-corrected chi connectivity index (χ2v) is 7.75. The third-order valence-electron chi connectivity index (χ3n) is 6.05. The highest BCUT2D eigenvalue weighted by molar-refractivity contribution is 5.98. The molecule has 8 nitrogen and oxygen atoms in total. The Morgan fingerprint density at radius 2 is 1.62 bits per heavy atom. The molecule has 0 aliphatic carbocycles. The van der Waals surface area contributed by atoms with Gasteiger partial charge in [-0.25, -0.2) is 4.98 Å². The Balaban J connectivity index is 0.00000256. The topological polar surface area (TPSA) is 91.6 Å². The van der Waals surface area contributed by atoms with Crippen LogP contribution in [0.25, 0.3) is 0 Å². The normalized spacial score (nSPS) is 13.7. The average molecular weight is 484 g/mol. The number of nitrogens with one attached hydrogen (secondary N) is 1. The number of rotatable bonds is 6. The van der Waals surface area contributed by atoms with Crippen molar-refractivity contribution in [1.82, 2.24) is 15.2 Å². The zero-order valence-electron chi connectivity index (χ0n) is 18.9. The molecule has 2 heterocycles. The summed E-state index contributed by atoms with van der Waals surface area (Å²) in [6, 6.07) is 5.93. The molecule has 10 heteroatoms. The first kappa shape index (κ1) is 27.6. The molecule has 0 atom stereocenters. The first-order valence-corrected chi connectivity index (χ1v) is 10.2. The Morgan fingerprint density at radius 3 is 2.12 bits per heavy atom. The van der Waals surface area contributed by atoms with E-state index in [0.717, 1.165) is 38.5 Å². The van der Waals surface area contributed by atoms with Gasteiger partial charge in [-0.1, -0.05) is 6.07 Å². The number of piperazine rings is 1. The molecule has 1 amide bonds. The summed E-state index contributed by atoms with van der Waals surface area (Å²) >= 11 is 0. The average Bonchev–Trinajstić information content (AvgIpc) is 2.73. The van der Waals surface area contributed by atoms with Crippen molar-refractivity contribution in [2.24, 2.45) is 0 Å². The van der Waals surface area contributed by atoms with Crippen LogP contribution in [0.3, 0.4) is 0 Å². The first-order valence-electron chi connectivity index (χ1n) is 10.2. The molecule has 3 rings (SSSR count). The van der Waals surface area contributed by atoms with E-state index < -0.39 is 0 Å². The number of carbonyl (C=O) groups excluding carboxylic acids is 1. The van der Waals surface area contributed by atoms with Crippen molar-refractivity contribution in [2.75, 3.05) is 44.2 Å². The van der Waals surface area contributed by atoms with E-state index in [1.807, 2.05) is 24.4 Å². The quantitative estimate of drug-likeness (QED) is 0.498. The van der Waals surface area contributed by atoms with E-state index in [-0.39, 0.29) is 41.3 Å². The van der Waals surface area contributed by atoms with Crippen LogP contribution < -0.4 is 10.2 Å². The fourth-order valence-electron chi connectivity index (χ4n) is 4.06. The number of hydrogen-bond acceptors (Lipinski definition) is 6. The van der Waals surface area contributed by atoms with Gasteiger partial charge in [0.05, 0.1) is 4.92 Å². The van der Waals surface area contributed by atoms with Crippen LogP contribution in [0, 0.1) is 37.8 Å². The summed E-state index contributed by atoms with van der Waals surface area (Å²) in [4.78, 5) is 32.8. The Kier molecular flexibility index (Phi) is 10.3. The van der Waals surface area contributed by atoms with Crippen molar-refractivity contribution in [3.63, 3.8) is 0 Å². The largest absolute Gasteiger partial charge is 0.354 e. The standard InChI is InChI=1S/C22H29N5O3.2ClH/c1-15-17(3)21(27(29)30)18(4)16(2)20(15)22(28)24-9-10-25-11-13-26(14-12-25)19-7-5-6-8-23-19;;/h5-8H,9-14H2,1-4H3,(H,24,28);2*1H. The van der Waals surface area contributed by atoms with Gasteiger partial charge in [0.15, 0.2) is 0 Å². The minimum Gasteiger partial charge on any atom is -0.354 e. The van der Waals surface area contributed by atoms with Crippen molar-refractivity contribution in [3.8, 4) is 0 Å². The molecular weight excluding hydrogens is 453 g/mol. The van der Waals surface area contributed by atoms with Gasteiger partial charge in [-0.2, -0.15) is 0 Å². The van der Waals surface area contributed by atoms with E-state index in [9.17, 15) is 14.9 Å². The lowest BCUT2D eigenvalue weighted by molar-refractivity contribution is -0.386. The maximum absolute atomic E-state index is 12.8. The Labute approximate surface area is 201 Å². The number of hydrogen-bond donors (Lipinski definition) is 1. The van der Waals surface area contributed by atoms with Crippen molar-refractivity contribution < 1.29 is 9.72 Å². The van der Waals surface area contributed by atoms with E-state index in [2.05, 4.69) is 20.1 Å². The van der Waals surface area contributed by atoms with E-state index in [4.69, 9.17) is 0 Å². The lowest BCUT2D eigenvalue weighted by Crippen LogP contribution is -2.48. The second-order valence-electron chi connectivity index (χ2n) is 7.75. The highest BCUT2D eigenvalue weighted by atomic mass is 35.5. The molecule has 1 aliphatic heterocycles. The van der Waals surface area contributed by atoms with Crippen LogP contribution in [-0.2, 0) is 0 Å². The van der Waals surface area contributed by atoms with E-state index in [1.54, 1.807) is 27.7 Å². The number of nitrogens with zero attached hydrogens (tertiary/aromatic N) is 4. The Hall–Kier alpha value is -2.42. The molecule has 2 aromatic rings. The lowest BCUT2D eigenvalue weighted by Gasteiger charge is -2.35. The van der Waals surface area contributed by atoms with Gasteiger partial charge in [-0.3, -0.25) is 19.8 Å². The molecule has 0 saturated carbocycles. The summed E-state index contributed by atoms with van der Waals surface area (Å²) < 4.78 is 0. The smallest absolute Gasteiger partial charge is 0.275 e. The fourth-order valence-corrected chi connectivity index (χ4v) is 4.06. The molecule has 1 N–H and O–H groups in total. The number of amides is 1. The number of anilines is 1. The minimum atomic E-state index is -0.364. The van der Waals surface area contributed by atoms with E-state index in [1.165, 1.54) is 0 Å². The van der Waals surface area contributed by atoms with Gasteiger partial charge in [0.1, 0.15) is 5.82 Å². The van der Waals surface area contributed by atoms with Crippen LogP contribution >= 0.6 is 24.8 Å². The van der Waals surface area contributed by atoms with Crippen molar-refractivity contribution in [2.45, 2.75) is 27.7 Å². The highest BCUT2D eigenvalue weighted by Crippen LogP contribution is 2.32. The van der Waals surface area contributed by atoms with Crippen LogP contribution in [0.15, 0.2) is 24.4 Å². The van der Waals surface area contributed by atoms with Crippen LogP contribution in [0.4, 0.5) is 11.5 Å². The molecule has 0 radical (unpaired) electrons. The van der Waals surface area contributed by atoms with Gasteiger partial charge in [-0.15, -0.1) is 24.8 Å². The summed E-state index contributed by atoms with van der Waals surface area (Å²) in [6.45, 7) is 11.9. The monoisotopic (exact) mass is 483 g/mol. The zero-order valence-corrected chi connectivity index (χ0v) is 20.5. The summed E-state index contributed by atoms with van der Waals surface area (Å²) in [5.41, 5.74) is 3.11. The van der Waals surface area contributed by atoms with E-state index >= 15 is 0 Å². The number of carbonyl (C=O) groups is 1. The number of halogens is 2. The number of aromatic nitrogens is 1. The molecule has 0 spiro atoms. The Bertz CT molecular complexity index is 919. The number of benzene rings is 1. The minimum absolute atomic E-state index is 0. The van der Waals surface area contributed by atoms with Crippen molar-refractivity contribution in [3.05, 3.63) is 62.3 Å². The lowest BCUT2D eigenvalue weighted by atomic mass is 9.91. The van der Waals surface area contributed by atoms with Gasteiger partial charge in [0, 0.05) is 62.2 Å². The predicted octanol–water partition coefficient (Wildman–Crippen LogP) is 3.62. The predicted molar refractivity (Wildman–Crippen MR) is 132 cm³/mol. The second kappa shape index (κ2) is 12.0. The van der Waals surface area contributed by atoms with Gasteiger partial charge in [-0.05, 0) is 51.0 Å². The SMILES string of the molecule is Cc1c(C)c([N+](=O)[O-])c(C)c(C)c1C(=O)NCCN1CCN(c2ccccn2)CC1.Cl.Cl. The molecule has 0 unspecified atom stereocenters. The first-order chi connectivity index (χ1) is 14.3. The molecule has 1 fully saturated rings.